The van der Waals surface area contributed by atoms with Crippen LogP contribution in [0.2, 0.25) is 0 Å². The standard InChI is InChI=1S/C22H38N6O5S/c1-25(18-8-4-2-5-9-18)34(32,33)27-16-14-26(15-17-27)13-10-19(29)24-28-20(30)22(23-21(28)31)11-6-3-7-12-22/h18H,2-17H2,1H3,(H,23,31)(H,24,29). The molecule has 2 saturated heterocycles. The van der Waals surface area contributed by atoms with Crippen LogP contribution in [-0.2, 0) is 19.8 Å². The summed E-state index contributed by atoms with van der Waals surface area (Å²) in [5.41, 5.74) is 1.60. The first kappa shape index (κ1) is 25.3. The first-order valence-electron chi connectivity index (χ1n) is 12.6. The first-order valence-corrected chi connectivity index (χ1v) is 14.0. The van der Waals surface area contributed by atoms with Crippen molar-refractivity contribution in [2.45, 2.75) is 82.2 Å². The number of amides is 4. The van der Waals surface area contributed by atoms with Gasteiger partial charge >= 0.3 is 6.03 Å². The van der Waals surface area contributed by atoms with Gasteiger partial charge in [-0.05, 0) is 25.7 Å². The Bertz CT molecular complexity index is 876. The Labute approximate surface area is 202 Å². The van der Waals surface area contributed by atoms with Gasteiger partial charge in [-0.25, -0.2) is 4.79 Å². The fourth-order valence-electron chi connectivity index (χ4n) is 5.66. The minimum absolute atomic E-state index is 0.0821. The average Bonchev–Trinajstić information content (AvgIpc) is 3.07. The lowest BCUT2D eigenvalue weighted by Gasteiger charge is -2.38. The molecule has 1 spiro atoms. The summed E-state index contributed by atoms with van der Waals surface area (Å²) in [5.74, 6) is -0.769. The zero-order valence-corrected chi connectivity index (χ0v) is 20.9. The van der Waals surface area contributed by atoms with Gasteiger partial charge in [-0.15, -0.1) is 0 Å². The van der Waals surface area contributed by atoms with E-state index in [4.69, 9.17) is 0 Å². The van der Waals surface area contributed by atoms with Gasteiger partial charge in [-0.1, -0.05) is 38.5 Å². The number of carbonyl (C=O) groups is 3. The molecule has 2 saturated carbocycles. The summed E-state index contributed by atoms with van der Waals surface area (Å²) < 4.78 is 29.2. The number of carbonyl (C=O) groups excluding carboxylic acids is 3. The monoisotopic (exact) mass is 498 g/mol. The normalized spacial score (nSPS) is 25.2. The SMILES string of the molecule is CN(C1CCCCC1)S(=O)(=O)N1CCN(CCC(=O)NN2C(=O)NC3(CCCCC3)C2=O)CC1. The number of nitrogens with one attached hydrogen (secondary N) is 2. The largest absolute Gasteiger partial charge is 0.344 e. The van der Waals surface area contributed by atoms with Gasteiger partial charge in [0.2, 0.25) is 5.91 Å². The lowest BCUT2D eigenvalue weighted by molar-refractivity contribution is -0.140. The number of urea groups is 1. The predicted octanol–water partition coefficient (Wildman–Crippen LogP) is 0.789. The second-order valence-electron chi connectivity index (χ2n) is 10.1. The highest BCUT2D eigenvalue weighted by Crippen LogP contribution is 2.33. The maximum atomic E-state index is 13.0. The van der Waals surface area contributed by atoms with Crippen molar-refractivity contribution in [3.05, 3.63) is 0 Å². The van der Waals surface area contributed by atoms with Crippen LogP contribution in [0.3, 0.4) is 0 Å². The second kappa shape index (κ2) is 10.5. The van der Waals surface area contributed by atoms with Crippen LogP contribution in [0.1, 0.15) is 70.6 Å². The van der Waals surface area contributed by atoms with Crippen molar-refractivity contribution in [2.24, 2.45) is 0 Å². The van der Waals surface area contributed by atoms with E-state index in [-0.39, 0.29) is 18.4 Å². The van der Waals surface area contributed by atoms with Crippen molar-refractivity contribution in [2.75, 3.05) is 39.8 Å². The Morgan fingerprint density at radius 2 is 1.65 bits per heavy atom. The van der Waals surface area contributed by atoms with E-state index in [9.17, 15) is 22.8 Å². The van der Waals surface area contributed by atoms with E-state index in [0.717, 1.165) is 50.0 Å². The summed E-state index contributed by atoms with van der Waals surface area (Å²) in [7, 11) is -1.80. The van der Waals surface area contributed by atoms with Crippen LogP contribution in [0, 0.1) is 0 Å². The molecule has 2 heterocycles. The summed E-state index contributed by atoms with van der Waals surface area (Å²) >= 11 is 0. The van der Waals surface area contributed by atoms with Gasteiger partial charge in [0.15, 0.2) is 0 Å². The number of hydrazine groups is 1. The molecule has 4 amide bonds. The number of piperazine rings is 1. The molecular formula is C22H38N6O5S. The molecular weight excluding hydrogens is 460 g/mol. The lowest BCUT2D eigenvalue weighted by atomic mass is 9.82. The molecule has 2 aliphatic heterocycles. The van der Waals surface area contributed by atoms with Gasteiger partial charge < -0.3 is 10.2 Å². The minimum atomic E-state index is -3.49. The van der Waals surface area contributed by atoms with Crippen LogP contribution in [0.25, 0.3) is 0 Å². The maximum absolute atomic E-state index is 13.0. The van der Waals surface area contributed by atoms with Crippen LogP contribution < -0.4 is 10.7 Å². The van der Waals surface area contributed by atoms with E-state index in [1.807, 2.05) is 4.90 Å². The second-order valence-corrected chi connectivity index (χ2v) is 12.0. The van der Waals surface area contributed by atoms with E-state index in [1.165, 1.54) is 10.7 Å². The fraction of sp³-hybridized carbons (Fsp3) is 0.864. The molecule has 11 nitrogen and oxygen atoms in total. The van der Waals surface area contributed by atoms with Crippen molar-refractivity contribution in [1.29, 1.82) is 0 Å². The van der Waals surface area contributed by atoms with Gasteiger partial charge in [0.25, 0.3) is 16.1 Å². The molecule has 0 aromatic carbocycles. The van der Waals surface area contributed by atoms with Crippen molar-refractivity contribution >= 4 is 28.1 Å². The molecule has 2 N–H and O–H groups in total. The summed E-state index contributed by atoms with van der Waals surface area (Å²) in [6.45, 7) is 2.29. The molecule has 0 unspecified atom stereocenters. The number of imide groups is 1. The molecule has 4 aliphatic rings. The Balaban J connectivity index is 1.21. The van der Waals surface area contributed by atoms with Gasteiger partial charge in [0, 0.05) is 52.2 Å². The summed E-state index contributed by atoms with van der Waals surface area (Å²) in [6.07, 6.45) is 9.30. The topological polar surface area (TPSA) is 122 Å². The highest BCUT2D eigenvalue weighted by atomic mass is 32.2. The van der Waals surface area contributed by atoms with Gasteiger partial charge in [0.1, 0.15) is 5.54 Å². The lowest BCUT2D eigenvalue weighted by Crippen LogP contribution is -2.54. The van der Waals surface area contributed by atoms with Crippen LogP contribution in [-0.4, -0.2) is 96.1 Å². The summed E-state index contributed by atoms with van der Waals surface area (Å²) in [6, 6.07) is -0.486. The van der Waals surface area contributed by atoms with Crippen LogP contribution in [0.15, 0.2) is 0 Å². The Hall–Kier alpha value is -1.76. The third-order valence-electron chi connectivity index (χ3n) is 7.87. The summed E-state index contributed by atoms with van der Waals surface area (Å²) in [4.78, 5) is 39.6. The smallest absolute Gasteiger partial charge is 0.322 e. The van der Waals surface area contributed by atoms with Crippen molar-refractivity contribution in [3.8, 4) is 0 Å². The fourth-order valence-corrected chi connectivity index (χ4v) is 7.23. The zero-order chi connectivity index (χ0) is 24.3. The maximum Gasteiger partial charge on any atom is 0.344 e. The van der Waals surface area contributed by atoms with E-state index in [0.29, 0.717) is 45.6 Å². The Kier molecular flexibility index (Phi) is 7.80. The average molecular weight is 499 g/mol. The highest BCUT2D eigenvalue weighted by molar-refractivity contribution is 7.86. The third-order valence-corrected chi connectivity index (χ3v) is 9.91. The van der Waals surface area contributed by atoms with Gasteiger partial charge in [-0.3, -0.25) is 15.0 Å². The molecule has 34 heavy (non-hydrogen) atoms. The van der Waals surface area contributed by atoms with Crippen molar-refractivity contribution < 1.29 is 22.8 Å². The molecule has 192 valence electrons. The van der Waals surface area contributed by atoms with E-state index < -0.39 is 27.7 Å². The molecule has 4 rings (SSSR count). The quantitative estimate of drug-likeness (QED) is 0.501. The number of hydrogen-bond acceptors (Lipinski definition) is 6. The van der Waals surface area contributed by atoms with Crippen molar-refractivity contribution in [1.82, 2.24) is 29.3 Å². The molecule has 0 aromatic rings. The number of nitrogens with zero attached hydrogens (tertiary/aromatic N) is 4. The molecule has 12 heteroatoms. The van der Waals surface area contributed by atoms with Gasteiger partial charge in [0.05, 0.1) is 0 Å². The molecule has 0 radical (unpaired) electrons. The van der Waals surface area contributed by atoms with Crippen LogP contribution in [0.4, 0.5) is 4.79 Å². The zero-order valence-electron chi connectivity index (χ0n) is 20.1. The van der Waals surface area contributed by atoms with E-state index in [2.05, 4.69) is 10.7 Å². The molecule has 2 aliphatic carbocycles. The minimum Gasteiger partial charge on any atom is -0.322 e. The molecule has 0 atom stereocenters. The Morgan fingerprint density at radius 1 is 1.03 bits per heavy atom. The highest BCUT2D eigenvalue weighted by Gasteiger charge is 2.52. The van der Waals surface area contributed by atoms with E-state index >= 15 is 0 Å². The van der Waals surface area contributed by atoms with Crippen molar-refractivity contribution in [3.63, 3.8) is 0 Å². The molecule has 4 fully saturated rings. The van der Waals surface area contributed by atoms with Gasteiger partial charge in [-0.2, -0.15) is 22.0 Å². The first-order chi connectivity index (χ1) is 16.2. The third kappa shape index (κ3) is 5.24. The number of rotatable bonds is 7. The van der Waals surface area contributed by atoms with E-state index in [1.54, 1.807) is 11.4 Å². The van der Waals surface area contributed by atoms with Crippen LogP contribution >= 0.6 is 0 Å². The predicted molar refractivity (Wildman–Crippen MR) is 126 cm³/mol. The summed E-state index contributed by atoms with van der Waals surface area (Å²) in [5, 5.41) is 3.61. The number of hydrogen-bond donors (Lipinski definition) is 2. The molecule has 0 bridgehead atoms. The van der Waals surface area contributed by atoms with Crippen LogP contribution in [0.5, 0.6) is 0 Å². The Morgan fingerprint density at radius 3 is 2.29 bits per heavy atom. The molecule has 0 aromatic heterocycles.